The van der Waals surface area contributed by atoms with E-state index < -0.39 is 0 Å². The Labute approximate surface area is 199 Å². The van der Waals surface area contributed by atoms with Crippen molar-refractivity contribution >= 4 is 29.9 Å². The summed E-state index contributed by atoms with van der Waals surface area (Å²) in [6.07, 6.45) is 7.57. The van der Waals surface area contributed by atoms with E-state index in [0.717, 1.165) is 63.4 Å². The van der Waals surface area contributed by atoms with Crippen LogP contribution in [0, 0.1) is 12.8 Å². The number of aryl methyl sites for hydroxylation is 1. The average Bonchev–Trinajstić information content (AvgIpc) is 3.36. The van der Waals surface area contributed by atoms with Crippen LogP contribution in [0.1, 0.15) is 64.0 Å². The first-order valence-corrected chi connectivity index (χ1v) is 11.2. The molecule has 2 rings (SSSR count). The van der Waals surface area contributed by atoms with Crippen LogP contribution >= 0.6 is 24.0 Å². The summed E-state index contributed by atoms with van der Waals surface area (Å²) in [4.78, 5) is 4.72. The van der Waals surface area contributed by atoms with Crippen molar-refractivity contribution in [2.24, 2.45) is 18.0 Å². The number of aliphatic imine (C=N–C) groups is 1. The predicted octanol–water partition coefficient (Wildman–Crippen LogP) is 3.19. The van der Waals surface area contributed by atoms with E-state index in [4.69, 9.17) is 14.5 Å². The molecule has 1 aliphatic carbocycles. The number of nitrogens with zero attached hydrogens (tertiary/aromatic N) is 4. The van der Waals surface area contributed by atoms with Crippen molar-refractivity contribution in [1.29, 1.82) is 0 Å². The molecule has 1 fully saturated rings. The average molecular weight is 537 g/mol. The minimum atomic E-state index is 0. The van der Waals surface area contributed by atoms with E-state index in [1.165, 1.54) is 25.7 Å². The maximum Gasteiger partial charge on any atom is 0.191 e. The SMILES string of the molecule is CCOCCCNC(=NCc1nnc(C)n1C)NCCC(OCC)C1CCCC1.I. The van der Waals surface area contributed by atoms with Gasteiger partial charge in [0.05, 0.1) is 6.10 Å². The van der Waals surface area contributed by atoms with Crippen molar-refractivity contribution in [2.75, 3.05) is 32.9 Å². The van der Waals surface area contributed by atoms with E-state index in [1.54, 1.807) is 0 Å². The lowest BCUT2D eigenvalue weighted by atomic mass is 9.98. The van der Waals surface area contributed by atoms with Gasteiger partial charge in [-0.25, -0.2) is 4.99 Å². The molecule has 0 bridgehead atoms. The first-order valence-electron chi connectivity index (χ1n) is 11.2. The topological polar surface area (TPSA) is 85.6 Å². The molecular weight excluding hydrogens is 495 g/mol. The summed E-state index contributed by atoms with van der Waals surface area (Å²) in [5.41, 5.74) is 0. The summed E-state index contributed by atoms with van der Waals surface area (Å²) in [6, 6.07) is 0. The molecule has 0 amide bonds. The zero-order valence-corrected chi connectivity index (χ0v) is 21.5. The number of ether oxygens (including phenoxy) is 2. The van der Waals surface area contributed by atoms with Crippen LogP contribution in [0.3, 0.4) is 0 Å². The molecular formula is C21H41IN6O2. The van der Waals surface area contributed by atoms with Crippen LogP contribution in [0.2, 0.25) is 0 Å². The van der Waals surface area contributed by atoms with Crippen LogP contribution in [-0.2, 0) is 23.1 Å². The number of hydrogen-bond donors (Lipinski definition) is 2. The fourth-order valence-electron chi connectivity index (χ4n) is 3.77. The molecule has 0 radical (unpaired) electrons. The van der Waals surface area contributed by atoms with E-state index in [1.807, 2.05) is 25.5 Å². The maximum atomic E-state index is 6.04. The van der Waals surface area contributed by atoms with Crippen molar-refractivity contribution in [2.45, 2.75) is 71.9 Å². The van der Waals surface area contributed by atoms with Crippen LogP contribution in [0.5, 0.6) is 0 Å². The third kappa shape index (κ3) is 9.47. The lowest BCUT2D eigenvalue weighted by Crippen LogP contribution is -2.40. The molecule has 0 aromatic carbocycles. The van der Waals surface area contributed by atoms with E-state index in [9.17, 15) is 0 Å². The molecule has 1 aliphatic rings. The second-order valence-corrected chi connectivity index (χ2v) is 7.62. The molecule has 174 valence electrons. The highest BCUT2D eigenvalue weighted by molar-refractivity contribution is 14.0. The Balaban J connectivity index is 0.00000450. The molecule has 30 heavy (non-hydrogen) atoms. The van der Waals surface area contributed by atoms with Crippen molar-refractivity contribution in [3.63, 3.8) is 0 Å². The minimum absolute atomic E-state index is 0. The third-order valence-corrected chi connectivity index (χ3v) is 5.55. The smallest absolute Gasteiger partial charge is 0.191 e. The van der Waals surface area contributed by atoms with Gasteiger partial charge in [-0.2, -0.15) is 0 Å². The fraction of sp³-hybridized carbons (Fsp3) is 0.857. The van der Waals surface area contributed by atoms with Gasteiger partial charge < -0.3 is 24.7 Å². The summed E-state index contributed by atoms with van der Waals surface area (Å²) < 4.78 is 13.4. The molecule has 1 atom stereocenters. The molecule has 8 nitrogen and oxygen atoms in total. The van der Waals surface area contributed by atoms with Crippen molar-refractivity contribution < 1.29 is 9.47 Å². The number of rotatable bonds is 13. The summed E-state index contributed by atoms with van der Waals surface area (Å²) in [5.74, 6) is 3.27. The highest BCUT2D eigenvalue weighted by Gasteiger charge is 2.25. The maximum absolute atomic E-state index is 6.04. The highest BCUT2D eigenvalue weighted by Crippen LogP contribution is 2.30. The van der Waals surface area contributed by atoms with Gasteiger partial charge in [-0.15, -0.1) is 34.2 Å². The first-order chi connectivity index (χ1) is 14.2. The molecule has 1 heterocycles. The predicted molar refractivity (Wildman–Crippen MR) is 131 cm³/mol. The second-order valence-electron chi connectivity index (χ2n) is 7.62. The van der Waals surface area contributed by atoms with Crippen molar-refractivity contribution in [3.05, 3.63) is 11.6 Å². The van der Waals surface area contributed by atoms with Gasteiger partial charge in [0.25, 0.3) is 0 Å². The third-order valence-electron chi connectivity index (χ3n) is 5.55. The van der Waals surface area contributed by atoms with Crippen LogP contribution in [0.4, 0.5) is 0 Å². The van der Waals surface area contributed by atoms with Gasteiger partial charge in [-0.3, -0.25) is 0 Å². The number of aromatic nitrogens is 3. The summed E-state index contributed by atoms with van der Waals surface area (Å²) in [5, 5.41) is 15.2. The van der Waals surface area contributed by atoms with Crippen LogP contribution in [0.25, 0.3) is 0 Å². The van der Waals surface area contributed by atoms with E-state index in [2.05, 4.69) is 27.8 Å². The zero-order chi connectivity index (χ0) is 20.9. The fourth-order valence-corrected chi connectivity index (χ4v) is 3.77. The van der Waals surface area contributed by atoms with Crippen molar-refractivity contribution in [3.8, 4) is 0 Å². The van der Waals surface area contributed by atoms with Gasteiger partial charge >= 0.3 is 0 Å². The zero-order valence-electron chi connectivity index (χ0n) is 19.2. The molecule has 1 unspecified atom stereocenters. The highest BCUT2D eigenvalue weighted by atomic mass is 127. The van der Waals surface area contributed by atoms with E-state index in [0.29, 0.717) is 18.6 Å². The molecule has 1 saturated carbocycles. The van der Waals surface area contributed by atoms with Crippen molar-refractivity contribution in [1.82, 2.24) is 25.4 Å². The minimum Gasteiger partial charge on any atom is -0.382 e. The Hall–Kier alpha value is -0.940. The first kappa shape index (κ1) is 27.1. The van der Waals surface area contributed by atoms with Crippen LogP contribution in [0.15, 0.2) is 4.99 Å². The van der Waals surface area contributed by atoms with Gasteiger partial charge in [0.1, 0.15) is 12.4 Å². The summed E-state index contributed by atoms with van der Waals surface area (Å²) in [7, 11) is 1.97. The molecule has 0 aliphatic heterocycles. The standard InChI is InChI=1S/C21H40N6O2.HI/c1-5-28-15-9-13-22-21(24-16-20-26-25-17(3)27(20)4)23-14-12-19(29-6-2)18-10-7-8-11-18;/h18-19H,5-16H2,1-4H3,(H2,22,23,24);1H. The lowest BCUT2D eigenvalue weighted by Gasteiger charge is -2.24. The monoisotopic (exact) mass is 536 g/mol. The lowest BCUT2D eigenvalue weighted by molar-refractivity contribution is 0.0169. The Morgan fingerprint density at radius 2 is 1.90 bits per heavy atom. The van der Waals surface area contributed by atoms with Crippen LogP contribution in [-0.4, -0.2) is 59.7 Å². The van der Waals surface area contributed by atoms with E-state index in [-0.39, 0.29) is 24.0 Å². The van der Waals surface area contributed by atoms with Crippen LogP contribution < -0.4 is 10.6 Å². The Kier molecular flexibility index (Phi) is 14.3. The molecule has 2 N–H and O–H groups in total. The normalized spacial score (nSPS) is 15.8. The largest absolute Gasteiger partial charge is 0.382 e. The number of nitrogens with one attached hydrogen (secondary N) is 2. The quantitative estimate of drug-likeness (QED) is 0.174. The molecule has 1 aromatic heterocycles. The van der Waals surface area contributed by atoms with Gasteiger partial charge in [0, 0.05) is 40.0 Å². The molecule has 1 aromatic rings. The summed E-state index contributed by atoms with van der Waals surface area (Å²) >= 11 is 0. The number of guanidine groups is 1. The molecule has 9 heteroatoms. The molecule has 0 spiro atoms. The van der Waals surface area contributed by atoms with E-state index >= 15 is 0 Å². The van der Waals surface area contributed by atoms with Gasteiger partial charge in [-0.1, -0.05) is 12.8 Å². The second kappa shape index (κ2) is 15.8. The van der Waals surface area contributed by atoms with Gasteiger partial charge in [0.15, 0.2) is 11.8 Å². The number of hydrogen-bond acceptors (Lipinski definition) is 5. The molecule has 0 saturated heterocycles. The van der Waals surface area contributed by atoms with Gasteiger partial charge in [0.2, 0.25) is 0 Å². The Bertz CT molecular complexity index is 604. The summed E-state index contributed by atoms with van der Waals surface area (Å²) in [6.45, 7) is 10.5. The van der Waals surface area contributed by atoms with Gasteiger partial charge in [-0.05, 0) is 52.4 Å². The Morgan fingerprint density at radius 1 is 1.17 bits per heavy atom. The number of halogens is 1. The Morgan fingerprint density at radius 3 is 2.53 bits per heavy atom.